The van der Waals surface area contributed by atoms with Gasteiger partial charge >= 0.3 is 138 Å². The van der Waals surface area contributed by atoms with Crippen LogP contribution in [0.25, 0.3) is 3.62 Å². The Balaban J connectivity index is 2.15. The topological polar surface area (TPSA) is 0 Å². The molecule has 2 aromatic rings. The standard InChI is InChI=1S/C20H20Te/c1-2-3-17-21-20(19-14-8-5-9-15-19)16-10-13-18-11-6-4-7-12-18/h4-9,11-12,14-16H,2-3,17H2,1H3/b20-16+. The molecule has 0 saturated heterocycles. The summed E-state index contributed by atoms with van der Waals surface area (Å²) in [4.78, 5) is 0. The van der Waals surface area contributed by atoms with Gasteiger partial charge in [-0.25, -0.2) is 0 Å². The molecule has 0 unspecified atom stereocenters. The van der Waals surface area contributed by atoms with E-state index in [9.17, 15) is 0 Å². The Morgan fingerprint density at radius 2 is 1.67 bits per heavy atom. The summed E-state index contributed by atoms with van der Waals surface area (Å²) in [7, 11) is 0. The van der Waals surface area contributed by atoms with Gasteiger partial charge < -0.3 is 0 Å². The van der Waals surface area contributed by atoms with E-state index in [4.69, 9.17) is 0 Å². The number of hydrogen-bond donors (Lipinski definition) is 0. The number of unbranched alkanes of at least 4 members (excludes halogenated alkanes) is 1. The molecule has 0 aliphatic heterocycles. The van der Waals surface area contributed by atoms with E-state index in [1.54, 1.807) is 0 Å². The second-order valence-corrected chi connectivity index (χ2v) is 7.96. The van der Waals surface area contributed by atoms with Crippen molar-refractivity contribution in [3.8, 4) is 11.8 Å². The van der Waals surface area contributed by atoms with Crippen LogP contribution in [0.15, 0.2) is 66.7 Å². The quantitative estimate of drug-likeness (QED) is 0.384. The molecule has 0 heterocycles. The summed E-state index contributed by atoms with van der Waals surface area (Å²) in [5.41, 5.74) is 2.42. The predicted octanol–water partition coefficient (Wildman–Crippen LogP) is 5.00. The van der Waals surface area contributed by atoms with E-state index < -0.39 is 0 Å². The first-order valence-corrected chi connectivity index (χ1v) is 10.2. The van der Waals surface area contributed by atoms with Gasteiger partial charge in [0.15, 0.2) is 0 Å². The molecule has 0 N–H and O–H groups in total. The van der Waals surface area contributed by atoms with Crippen molar-refractivity contribution in [1.29, 1.82) is 0 Å². The van der Waals surface area contributed by atoms with Gasteiger partial charge in [-0.15, -0.1) is 0 Å². The van der Waals surface area contributed by atoms with Crippen LogP contribution in [0.5, 0.6) is 0 Å². The van der Waals surface area contributed by atoms with Crippen molar-refractivity contribution in [1.82, 2.24) is 0 Å². The first-order valence-electron chi connectivity index (χ1n) is 7.35. The van der Waals surface area contributed by atoms with E-state index >= 15 is 0 Å². The molecule has 0 fully saturated rings. The molecule has 0 radical (unpaired) electrons. The van der Waals surface area contributed by atoms with Gasteiger partial charge in [0.1, 0.15) is 0 Å². The van der Waals surface area contributed by atoms with E-state index in [0.29, 0.717) is 0 Å². The molecule has 2 rings (SSSR count). The summed E-state index contributed by atoms with van der Waals surface area (Å²) in [6.45, 7) is 2.26. The summed E-state index contributed by atoms with van der Waals surface area (Å²) in [6.07, 6.45) is 4.75. The van der Waals surface area contributed by atoms with E-state index in [0.717, 1.165) is 5.56 Å². The van der Waals surface area contributed by atoms with Gasteiger partial charge in [0.25, 0.3) is 0 Å². The van der Waals surface area contributed by atoms with Crippen LogP contribution >= 0.6 is 0 Å². The van der Waals surface area contributed by atoms with E-state index in [1.165, 1.54) is 26.5 Å². The van der Waals surface area contributed by atoms with Crippen LogP contribution in [0.2, 0.25) is 4.47 Å². The fourth-order valence-electron chi connectivity index (χ4n) is 1.84. The van der Waals surface area contributed by atoms with E-state index in [2.05, 4.69) is 67.3 Å². The molecule has 0 saturated carbocycles. The van der Waals surface area contributed by atoms with Crippen molar-refractivity contribution in [2.75, 3.05) is 0 Å². The second kappa shape index (κ2) is 9.46. The zero-order chi connectivity index (χ0) is 14.8. The first-order chi connectivity index (χ1) is 10.4. The second-order valence-electron chi connectivity index (χ2n) is 4.71. The van der Waals surface area contributed by atoms with Crippen molar-refractivity contribution in [3.63, 3.8) is 0 Å². The van der Waals surface area contributed by atoms with Crippen LogP contribution in [0.4, 0.5) is 0 Å². The molecular formula is C20H20Te. The molecule has 0 aliphatic rings. The first kappa shape index (κ1) is 15.9. The molecule has 0 aliphatic carbocycles. The van der Waals surface area contributed by atoms with Gasteiger partial charge in [0.05, 0.1) is 0 Å². The molecular weight excluding hydrogens is 368 g/mol. The van der Waals surface area contributed by atoms with E-state index in [1.807, 2.05) is 18.2 Å². The number of allylic oxidation sites excluding steroid dienone is 1. The van der Waals surface area contributed by atoms with Gasteiger partial charge in [0, 0.05) is 0 Å². The Morgan fingerprint density at radius 3 is 2.33 bits per heavy atom. The van der Waals surface area contributed by atoms with Crippen LogP contribution in [0, 0.1) is 11.8 Å². The molecule has 0 aromatic heterocycles. The van der Waals surface area contributed by atoms with Crippen LogP contribution in [0.3, 0.4) is 0 Å². The molecule has 21 heavy (non-hydrogen) atoms. The van der Waals surface area contributed by atoms with Gasteiger partial charge in [0.2, 0.25) is 0 Å². The number of hydrogen-bond acceptors (Lipinski definition) is 0. The van der Waals surface area contributed by atoms with Crippen LogP contribution in [0.1, 0.15) is 30.9 Å². The SMILES string of the molecule is CCCC[Te]/C(=C/C#Cc1ccccc1)c1ccccc1. The third-order valence-corrected chi connectivity index (χ3v) is 6.31. The van der Waals surface area contributed by atoms with Crippen molar-refractivity contribution in [2.45, 2.75) is 24.2 Å². The zero-order valence-electron chi connectivity index (χ0n) is 12.4. The molecule has 0 atom stereocenters. The summed E-state index contributed by atoms with van der Waals surface area (Å²) >= 11 is -0.141. The van der Waals surface area contributed by atoms with Gasteiger partial charge in [-0.05, 0) is 0 Å². The fourth-order valence-corrected chi connectivity index (χ4v) is 4.98. The summed E-state index contributed by atoms with van der Waals surface area (Å²) in [6, 6.07) is 20.9. The Hall–Kier alpha value is -1.47. The Kier molecular flexibility index (Phi) is 7.17. The normalized spacial score (nSPS) is 10.8. The molecule has 2 aromatic carbocycles. The molecule has 0 amide bonds. The summed E-state index contributed by atoms with van der Waals surface area (Å²) in [5, 5.41) is 0. The Labute approximate surface area is 138 Å². The number of benzene rings is 2. The number of rotatable bonds is 5. The van der Waals surface area contributed by atoms with Crippen molar-refractivity contribution < 1.29 is 0 Å². The molecule has 0 spiro atoms. The Bertz CT molecular complexity index is 615. The molecule has 0 nitrogen and oxygen atoms in total. The molecule has 1 heteroatoms. The summed E-state index contributed by atoms with van der Waals surface area (Å²) < 4.78 is 2.83. The van der Waals surface area contributed by atoms with Crippen LogP contribution < -0.4 is 0 Å². The molecule has 0 bridgehead atoms. The zero-order valence-corrected chi connectivity index (χ0v) is 14.7. The Morgan fingerprint density at radius 1 is 1.00 bits per heavy atom. The monoisotopic (exact) mass is 390 g/mol. The third kappa shape index (κ3) is 5.81. The minimum absolute atomic E-state index is 0.141. The van der Waals surface area contributed by atoms with Crippen molar-refractivity contribution in [2.24, 2.45) is 0 Å². The predicted molar refractivity (Wildman–Crippen MR) is 93.2 cm³/mol. The molecule has 106 valence electrons. The fraction of sp³-hybridized carbons (Fsp3) is 0.200. The third-order valence-electron chi connectivity index (χ3n) is 3.01. The van der Waals surface area contributed by atoms with Crippen molar-refractivity contribution >= 4 is 24.5 Å². The van der Waals surface area contributed by atoms with Gasteiger partial charge in [-0.3, -0.25) is 0 Å². The van der Waals surface area contributed by atoms with Crippen LogP contribution in [-0.4, -0.2) is 20.9 Å². The van der Waals surface area contributed by atoms with Gasteiger partial charge in [-0.1, -0.05) is 0 Å². The van der Waals surface area contributed by atoms with E-state index in [-0.39, 0.29) is 20.9 Å². The van der Waals surface area contributed by atoms with Crippen LogP contribution in [-0.2, 0) is 0 Å². The van der Waals surface area contributed by atoms with Gasteiger partial charge in [-0.2, -0.15) is 0 Å². The average molecular weight is 388 g/mol. The maximum absolute atomic E-state index is 3.25. The summed E-state index contributed by atoms with van der Waals surface area (Å²) in [5.74, 6) is 6.48. The minimum atomic E-state index is -0.141. The maximum atomic E-state index is 3.25. The van der Waals surface area contributed by atoms with Crippen molar-refractivity contribution in [3.05, 3.63) is 77.9 Å². The average Bonchev–Trinajstić information content (AvgIpc) is 2.55.